The third-order valence-electron chi connectivity index (χ3n) is 2.15. The molecule has 8 heteroatoms. The quantitative estimate of drug-likeness (QED) is 0.747. The number of benzene rings is 1. The van der Waals surface area contributed by atoms with Gasteiger partial charge in [0.15, 0.2) is 0 Å². The van der Waals surface area contributed by atoms with Crippen LogP contribution in [0.3, 0.4) is 0 Å². The first kappa shape index (κ1) is 15.6. The lowest BCUT2D eigenvalue weighted by atomic mass is 10.3. The van der Waals surface area contributed by atoms with Crippen LogP contribution in [0.25, 0.3) is 0 Å². The number of thioether (sulfide) groups is 1. The number of nitrogens with one attached hydrogen (secondary N) is 2. The summed E-state index contributed by atoms with van der Waals surface area (Å²) in [6.07, 6.45) is 0. The van der Waals surface area contributed by atoms with Crippen LogP contribution in [0.4, 0.5) is 14.9 Å². The van der Waals surface area contributed by atoms with E-state index in [1.165, 1.54) is 20.0 Å². The Morgan fingerprint density at radius 2 is 2.11 bits per heavy atom. The summed E-state index contributed by atoms with van der Waals surface area (Å²) in [5.74, 6) is -1.70. The topological polar surface area (TPSA) is 78.4 Å². The second-order valence-corrected chi connectivity index (χ2v) is 5.35. The first-order valence-electron chi connectivity index (χ1n) is 5.22. The molecule has 1 atom stereocenters. The lowest BCUT2D eigenvalue weighted by molar-refractivity contribution is -0.136. The van der Waals surface area contributed by atoms with Gasteiger partial charge in [0.2, 0.25) is 0 Å². The molecule has 1 aromatic rings. The van der Waals surface area contributed by atoms with Gasteiger partial charge in [-0.15, -0.1) is 11.8 Å². The molecule has 0 aromatic heterocycles. The Morgan fingerprint density at radius 3 is 2.63 bits per heavy atom. The Bertz CT molecular complexity index is 513. The second-order valence-electron chi connectivity index (χ2n) is 3.56. The van der Waals surface area contributed by atoms with Crippen LogP contribution in [0.1, 0.15) is 6.92 Å². The molecule has 0 aliphatic carbocycles. The predicted molar refractivity (Wildman–Crippen MR) is 72.4 cm³/mol. The molecule has 0 heterocycles. The molecular weight excluding hydrogens is 295 g/mol. The molecule has 0 saturated carbocycles. The largest absolute Gasteiger partial charge is 0.480 e. The lowest BCUT2D eigenvalue weighted by Gasteiger charge is -2.11. The fourth-order valence-corrected chi connectivity index (χ4v) is 2.26. The van der Waals surface area contributed by atoms with Crippen molar-refractivity contribution in [2.24, 2.45) is 0 Å². The van der Waals surface area contributed by atoms with E-state index in [2.05, 4.69) is 10.6 Å². The average Bonchev–Trinajstić information content (AvgIpc) is 2.34. The van der Waals surface area contributed by atoms with E-state index in [4.69, 9.17) is 16.7 Å². The maximum absolute atomic E-state index is 13.6. The second kappa shape index (κ2) is 6.63. The number of carboxylic acids is 1. The first-order chi connectivity index (χ1) is 8.85. The minimum atomic E-state index is -1.01. The maximum atomic E-state index is 13.6. The van der Waals surface area contributed by atoms with Crippen molar-refractivity contribution in [1.82, 2.24) is 5.32 Å². The van der Waals surface area contributed by atoms with Gasteiger partial charge in [-0.25, -0.2) is 9.18 Å². The van der Waals surface area contributed by atoms with Crippen molar-refractivity contribution in [2.45, 2.75) is 17.1 Å². The summed E-state index contributed by atoms with van der Waals surface area (Å²) in [6, 6.07) is 1.75. The summed E-state index contributed by atoms with van der Waals surface area (Å²) in [6.45, 7) is 1.48. The van der Waals surface area contributed by atoms with Crippen LogP contribution in [-0.2, 0) is 4.79 Å². The zero-order valence-electron chi connectivity index (χ0n) is 10.2. The Balaban J connectivity index is 3.02. The number of amides is 2. The van der Waals surface area contributed by atoms with E-state index >= 15 is 0 Å². The Hall–Kier alpha value is -1.47. The summed E-state index contributed by atoms with van der Waals surface area (Å²) >= 11 is 6.80. The number of anilines is 1. The van der Waals surface area contributed by atoms with Gasteiger partial charge in [-0.3, -0.25) is 4.79 Å². The molecule has 0 bridgehead atoms. The highest BCUT2D eigenvalue weighted by atomic mass is 35.5. The number of hydrogen-bond donors (Lipinski definition) is 3. The van der Waals surface area contributed by atoms with Crippen molar-refractivity contribution in [3.63, 3.8) is 0 Å². The van der Waals surface area contributed by atoms with Gasteiger partial charge in [-0.05, 0) is 19.1 Å². The molecule has 0 aliphatic heterocycles. The highest BCUT2D eigenvalue weighted by molar-refractivity contribution is 8.00. The van der Waals surface area contributed by atoms with Gasteiger partial charge in [0.1, 0.15) is 11.1 Å². The predicted octanol–water partition coefficient (Wildman–Crippen LogP) is 2.80. The van der Waals surface area contributed by atoms with Crippen molar-refractivity contribution in [2.75, 3.05) is 12.4 Å². The van der Waals surface area contributed by atoms with Gasteiger partial charge < -0.3 is 15.7 Å². The van der Waals surface area contributed by atoms with E-state index < -0.39 is 23.1 Å². The van der Waals surface area contributed by atoms with Crippen molar-refractivity contribution >= 4 is 41.1 Å². The lowest BCUT2D eigenvalue weighted by Crippen LogP contribution is -2.25. The molecule has 3 N–H and O–H groups in total. The molecule has 19 heavy (non-hydrogen) atoms. The Kier molecular flexibility index (Phi) is 5.44. The fraction of sp³-hybridized carbons (Fsp3) is 0.273. The molecule has 1 unspecified atom stereocenters. The van der Waals surface area contributed by atoms with Crippen LogP contribution in [0.2, 0.25) is 5.02 Å². The summed E-state index contributed by atoms with van der Waals surface area (Å²) in [5.41, 5.74) is -0.0659. The smallest absolute Gasteiger partial charge is 0.319 e. The third kappa shape index (κ3) is 4.29. The minimum absolute atomic E-state index is 0.0659. The fourth-order valence-electron chi connectivity index (χ4n) is 1.14. The molecule has 0 saturated heterocycles. The van der Waals surface area contributed by atoms with Gasteiger partial charge >= 0.3 is 12.0 Å². The number of carbonyl (C=O) groups excluding carboxylic acids is 1. The van der Waals surface area contributed by atoms with Crippen LogP contribution in [0.5, 0.6) is 0 Å². The number of carboxylic acid groups (broad SMARTS) is 1. The Labute approximate surface area is 118 Å². The zero-order valence-corrected chi connectivity index (χ0v) is 11.7. The zero-order chi connectivity index (χ0) is 14.6. The van der Waals surface area contributed by atoms with Crippen LogP contribution >= 0.6 is 23.4 Å². The average molecular weight is 307 g/mol. The van der Waals surface area contributed by atoms with Gasteiger partial charge in [0.05, 0.1) is 10.7 Å². The molecule has 104 valence electrons. The summed E-state index contributed by atoms with van der Waals surface area (Å²) < 4.78 is 13.6. The minimum Gasteiger partial charge on any atom is -0.480 e. The van der Waals surface area contributed by atoms with E-state index in [0.29, 0.717) is 4.90 Å². The highest BCUT2D eigenvalue weighted by Crippen LogP contribution is 2.34. The summed E-state index contributed by atoms with van der Waals surface area (Å²) in [7, 11) is 1.39. The number of rotatable bonds is 4. The van der Waals surface area contributed by atoms with Crippen LogP contribution in [-0.4, -0.2) is 29.4 Å². The number of carbonyl (C=O) groups is 2. The van der Waals surface area contributed by atoms with E-state index in [-0.39, 0.29) is 10.7 Å². The Morgan fingerprint density at radius 1 is 1.47 bits per heavy atom. The summed E-state index contributed by atoms with van der Waals surface area (Å²) in [5, 5.41) is 12.7. The monoisotopic (exact) mass is 306 g/mol. The van der Waals surface area contributed by atoms with Gasteiger partial charge in [-0.1, -0.05) is 11.6 Å². The SMILES string of the molecule is CNC(=O)Nc1cc(SC(C)C(=O)O)c(Cl)cc1F. The number of halogens is 2. The molecule has 0 fully saturated rings. The van der Waals surface area contributed by atoms with Crippen molar-refractivity contribution in [3.8, 4) is 0 Å². The number of aliphatic carboxylic acids is 1. The number of urea groups is 1. The third-order valence-corrected chi connectivity index (χ3v) is 3.72. The molecule has 0 spiro atoms. The molecule has 1 aromatic carbocycles. The normalized spacial score (nSPS) is 11.8. The molecule has 0 radical (unpaired) electrons. The maximum Gasteiger partial charge on any atom is 0.319 e. The van der Waals surface area contributed by atoms with Crippen molar-refractivity contribution in [3.05, 3.63) is 23.0 Å². The van der Waals surface area contributed by atoms with Gasteiger partial charge in [-0.2, -0.15) is 0 Å². The van der Waals surface area contributed by atoms with Crippen LogP contribution < -0.4 is 10.6 Å². The van der Waals surface area contributed by atoms with Gasteiger partial charge in [0, 0.05) is 11.9 Å². The molecule has 5 nitrogen and oxygen atoms in total. The first-order valence-corrected chi connectivity index (χ1v) is 6.48. The molecule has 0 aliphatic rings. The van der Waals surface area contributed by atoms with E-state index in [9.17, 15) is 14.0 Å². The van der Waals surface area contributed by atoms with Crippen LogP contribution in [0.15, 0.2) is 17.0 Å². The molecule has 1 rings (SSSR count). The summed E-state index contributed by atoms with van der Waals surface area (Å²) in [4.78, 5) is 22.3. The van der Waals surface area contributed by atoms with Crippen LogP contribution in [0, 0.1) is 5.82 Å². The highest BCUT2D eigenvalue weighted by Gasteiger charge is 2.17. The molecule has 2 amide bonds. The standard InChI is InChI=1S/C11H12ClFN2O3S/c1-5(10(16)17)19-9-4-8(15-11(18)14-2)7(13)3-6(9)12/h3-5H,1-2H3,(H,16,17)(H2,14,15,18). The van der Waals surface area contributed by atoms with Crippen molar-refractivity contribution < 1.29 is 19.1 Å². The van der Waals surface area contributed by atoms with E-state index in [1.807, 2.05) is 0 Å². The number of hydrogen-bond acceptors (Lipinski definition) is 3. The van der Waals surface area contributed by atoms with E-state index in [0.717, 1.165) is 17.8 Å². The van der Waals surface area contributed by atoms with Crippen molar-refractivity contribution in [1.29, 1.82) is 0 Å². The van der Waals surface area contributed by atoms with Gasteiger partial charge in [0.25, 0.3) is 0 Å². The van der Waals surface area contributed by atoms with E-state index in [1.54, 1.807) is 0 Å². The molecular formula is C11H12ClFN2O3S.